The molecule has 3 N–H and O–H groups in total. The zero-order valence-electron chi connectivity index (χ0n) is 9.73. The molecule has 0 bridgehead atoms. The fraction of sp³-hybridized carbons (Fsp3) is 0.500. The van der Waals surface area contributed by atoms with Gasteiger partial charge in [0.15, 0.2) is 0 Å². The number of nitrogens with zero attached hydrogens (tertiary/aromatic N) is 1. The average molecular weight is 287 g/mol. The first kappa shape index (κ1) is 15.4. The minimum Gasteiger partial charge on any atom is -0.396 e. The number of alkyl halides is 6. The molecule has 0 aliphatic rings. The van der Waals surface area contributed by atoms with E-state index in [0.29, 0.717) is 6.07 Å². The van der Waals surface area contributed by atoms with Gasteiger partial charge in [-0.2, -0.15) is 26.3 Å². The molecule has 1 atom stereocenters. The molecular weight excluding hydrogens is 276 g/mol. The van der Waals surface area contributed by atoms with Gasteiger partial charge in [-0.15, -0.1) is 0 Å². The van der Waals surface area contributed by atoms with E-state index in [1.54, 1.807) is 0 Å². The van der Waals surface area contributed by atoms with E-state index < -0.39 is 30.5 Å². The van der Waals surface area contributed by atoms with Crippen molar-refractivity contribution in [1.29, 1.82) is 0 Å². The van der Waals surface area contributed by atoms with Crippen LogP contribution in [0.15, 0.2) is 12.3 Å². The third-order valence-corrected chi connectivity index (χ3v) is 2.16. The Morgan fingerprint density at radius 2 is 1.84 bits per heavy atom. The monoisotopic (exact) mass is 287 g/mol. The van der Waals surface area contributed by atoms with Crippen LogP contribution in [0.5, 0.6) is 0 Å². The van der Waals surface area contributed by atoms with Crippen LogP contribution >= 0.6 is 0 Å². The van der Waals surface area contributed by atoms with Gasteiger partial charge < -0.3 is 11.1 Å². The summed E-state index contributed by atoms with van der Waals surface area (Å²) in [6.45, 7) is 1.20. The molecule has 0 aromatic carbocycles. The van der Waals surface area contributed by atoms with Crippen LogP contribution in [0.2, 0.25) is 0 Å². The van der Waals surface area contributed by atoms with Crippen molar-refractivity contribution in [1.82, 2.24) is 4.98 Å². The molecule has 0 aliphatic heterocycles. The second-order valence-electron chi connectivity index (χ2n) is 4.02. The number of pyridine rings is 1. The first-order chi connectivity index (χ1) is 8.49. The lowest BCUT2D eigenvalue weighted by Gasteiger charge is -2.19. The number of hydrogen-bond donors (Lipinski definition) is 2. The van der Waals surface area contributed by atoms with Gasteiger partial charge in [0.25, 0.3) is 0 Å². The van der Waals surface area contributed by atoms with Gasteiger partial charge in [0.05, 0.1) is 24.0 Å². The van der Waals surface area contributed by atoms with E-state index in [9.17, 15) is 26.3 Å². The van der Waals surface area contributed by atoms with Crippen molar-refractivity contribution in [2.75, 3.05) is 11.1 Å². The molecule has 0 amide bonds. The van der Waals surface area contributed by atoms with Crippen LogP contribution in [-0.2, 0) is 6.18 Å². The van der Waals surface area contributed by atoms with E-state index in [4.69, 9.17) is 5.73 Å². The molecule has 0 saturated heterocycles. The molecule has 9 heteroatoms. The van der Waals surface area contributed by atoms with Crippen LogP contribution in [-0.4, -0.2) is 17.2 Å². The standard InChI is InChI=1S/C10H11F6N3/c1-5(3-9(11,12)13)19-7-2-8(10(14,15)16)18-4-6(7)17/h2,4-5H,3,17H2,1H3,(H,18,19). The second-order valence-corrected chi connectivity index (χ2v) is 4.02. The van der Waals surface area contributed by atoms with Crippen molar-refractivity contribution in [3.8, 4) is 0 Å². The lowest BCUT2D eigenvalue weighted by atomic mass is 10.2. The topological polar surface area (TPSA) is 50.9 Å². The van der Waals surface area contributed by atoms with Gasteiger partial charge in [-0.05, 0) is 13.0 Å². The van der Waals surface area contributed by atoms with Gasteiger partial charge in [0.2, 0.25) is 0 Å². The number of nitrogen functional groups attached to an aromatic ring is 1. The molecule has 1 aromatic rings. The third kappa shape index (κ3) is 4.84. The van der Waals surface area contributed by atoms with Crippen molar-refractivity contribution in [3.63, 3.8) is 0 Å². The van der Waals surface area contributed by atoms with Crippen LogP contribution in [0.1, 0.15) is 19.0 Å². The molecular formula is C10H11F6N3. The summed E-state index contributed by atoms with van der Waals surface area (Å²) in [6.07, 6.45) is -9.53. The number of nitrogens with two attached hydrogens (primary N) is 1. The van der Waals surface area contributed by atoms with Crippen LogP contribution in [0, 0.1) is 0 Å². The van der Waals surface area contributed by atoms with Gasteiger partial charge in [-0.3, -0.25) is 0 Å². The zero-order valence-corrected chi connectivity index (χ0v) is 9.73. The molecule has 3 nitrogen and oxygen atoms in total. The van der Waals surface area contributed by atoms with E-state index in [0.717, 1.165) is 6.20 Å². The molecule has 0 saturated carbocycles. The third-order valence-electron chi connectivity index (χ3n) is 2.16. The lowest BCUT2D eigenvalue weighted by molar-refractivity contribution is -0.141. The zero-order chi connectivity index (χ0) is 14.8. The van der Waals surface area contributed by atoms with E-state index in [-0.39, 0.29) is 11.4 Å². The predicted molar refractivity (Wildman–Crippen MR) is 57.4 cm³/mol. The first-order valence-corrected chi connectivity index (χ1v) is 5.15. The summed E-state index contributed by atoms with van der Waals surface area (Å²) in [5, 5.41) is 2.29. The molecule has 0 spiro atoms. The van der Waals surface area contributed by atoms with E-state index in [2.05, 4.69) is 10.3 Å². The quantitative estimate of drug-likeness (QED) is 0.837. The van der Waals surface area contributed by atoms with E-state index >= 15 is 0 Å². The Bertz CT molecular complexity index is 440. The molecule has 0 radical (unpaired) electrons. The van der Waals surface area contributed by atoms with Crippen LogP contribution < -0.4 is 11.1 Å². The molecule has 108 valence electrons. The summed E-state index contributed by atoms with van der Waals surface area (Å²) >= 11 is 0. The van der Waals surface area contributed by atoms with Crippen LogP contribution in [0.25, 0.3) is 0 Å². The molecule has 0 fully saturated rings. The fourth-order valence-electron chi connectivity index (χ4n) is 1.41. The summed E-state index contributed by atoms with van der Waals surface area (Å²) in [5.41, 5.74) is 3.78. The Kier molecular flexibility index (Phi) is 4.16. The molecule has 1 aromatic heterocycles. The van der Waals surface area contributed by atoms with Gasteiger partial charge >= 0.3 is 12.4 Å². The van der Waals surface area contributed by atoms with Crippen molar-refractivity contribution in [3.05, 3.63) is 18.0 Å². The van der Waals surface area contributed by atoms with E-state index in [1.807, 2.05) is 0 Å². The molecule has 1 rings (SSSR count). The highest BCUT2D eigenvalue weighted by Gasteiger charge is 2.34. The van der Waals surface area contributed by atoms with Crippen molar-refractivity contribution in [2.45, 2.75) is 31.7 Å². The number of rotatable bonds is 3. The van der Waals surface area contributed by atoms with Crippen LogP contribution in [0.4, 0.5) is 37.7 Å². The Hall–Kier alpha value is -1.67. The number of aromatic nitrogens is 1. The normalized spacial score (nSPS) is 14.3. The van der Waals surface area contributed by atoms with Crippen LogP contribution in [0.3, 0.4) is 0 Å². The number of nitrogens with one attached hydrogen (secondary N) is 1. The summed E-state index contributed by atoms with van der Waals surface area (Å²) in [4.78, 5) is 3.08. The fourth-order valence-corrected chi connectivity index (χ4v) is 1.41. The lowest BCUT2D eigenvalue weighted by Crippen LogP contribution is -2.24. The molecule has 1 heterocycles. The van der Waals surface area contributed by atoms with Crippen molar-refractivity contribution >= 4 is 11.4 Å². The summed E-state index contributed by atoms with van der Waals surface area (Å²) in [5.74, 6) is 0. The van der Waals surface area contributed by atoms with Gasteiger partial charge in [-0.25, -0.2) is 4.98 Å². The summed E-state index contributed by atoms with van der Waals surface area (Å²) in [6, 6.07) is -0.520. The SMILES string of the molecule is CC(CC(F)(F)F)Nc1cc(C(F)(F)F)ncc1N. The van der Waals surface area contributed by atoms with Gasteiger partial charge in [0.1, 0.15) is 5.69 Å². The maximum absolute atomic E-state index is 12.4. The van der Waals surface area contributed by atoms with Gasteiger partial charge in [0, 0.05) is 6.04 Å². The Balaban J connectivity index is 2.89. The smallest absolute Gasteiger partial charge is 0.396 e. The highest BCUT2D eigenvalue weighted by Crippen LogP contribution is 2.32. The molecule has 0 aliphatic carbocycles. The number of hydrogen-bond acceptors (Lipinski definition) is 3. The Morgan fingerprint density at radius 1 is 1.26 bits per heavy atom. The largest absolute Gasteiger partial charge is 0.433 e. The number of anilines is 2. The highest BCUT2D eigenvalue weighted by molar-refractivity contribution is 5.65. The summed E-state index contributed by atoms with van der Waals surface area (Å²) in [7, 11) is 0. The first-order valence-electron chi connectivity index (χ1n) is 5.15. The number of halogens is 6. The molecule has 1 unspecified atom stereocenters. The Morgan fingerprint density at radius 3 is 2.32 bits per heavy atom. The minimum atomic E-state index is -4.68. The van der Waals surface area contributed by atoms with Crippen molar-refractivity contribution in [2.24, 2.45) is 0 Å². The maximum atomic E-state index is 12.4. The average Bonchev–Trinajstić information content (AvgIpc) is 2.16. The molecule has 19 heavy (non-hydrogen) atoms. The minimum absolute atomic E-state index is 0.151. The summed E-state index contributed by atoms with van der Waals surface area (Å²) < 4.78 is 73.5. The van der Waals surface area contributed by atoms with Crippen molar-refractivity contribution < 1.29 is 26.3 Å². The van der Waals surface area contributed by atoms with E-state index in [1.165, 1.54) is 6.92 Å². The second kappa shape index (κ2) is 5.14. The van der Waals surface area contributed by atoms with Gasteiger partial charge in [-0.1, -0.05) is 0 Å². The Labute approximate surface area is 104 Å². The predicted octanol–water partition coefficient (Wildman–Crippen LogP) is 3.44. The highest BCUT2D eigenvalue weighted by atomic mass is 19.4. The maximum Gasteiger partial charge on any atom is 0.433 e.